The van der Waals surface area contributed by atoms with E-state index in [1.807, 2.05) is 30.3 Å². The molecule has 2 N–H and O–H groups in total. The van der Waals surface area contributed by atoms with E-state index in [0.717, 1.165) is 5.56 Å². The van der Waals surface area contributed by atoms with Crippen LogP contribution in [0.3, 0.4) is 0 Å². The molecule has 0 saturated carbocycles. The first kappa shape index (κ1) is 23.2. The number of furan rings is 1. The Morgan fingerprint density at radius 1 is 1.15 bits per heavy atom. The first-order chi connectivity index (χ1) is 16.0. The fraction of sp³-hybridized carbons (Fsp3) is 0.174. The zero-order valence-electron chi connectivity index (χ0n) is 17.8. The fourth-order valence-electron chi connectivity index (χ4n) is 2.96. The summed E-state index contributed by atoms with van der Waals surface area (Å²) in [6.45, 7) is 1.84. The lowest BCUT2D eigenvalue weighted by Crippen LogP contribution is -2.47. The van der Waals surface area contributed by atoms with E-state index >= 15 is 0 Å². The van der Waals surface area contributed by atoms with Crippen LogP contribution in [0.25, 0.3) is 11.3 Å². The minimum atomic E-state index is -0.902. The van der Waals surface area contributed by atoms with Gasteiger partial charge in [-0.15, -0.1) is 0 Å². The van der Waals surface area contributed by atoms with Crippen LogP contribution in [0.4, 0.5) is 10.5 Å². The Bertz CT molecular complexity index is 1140. The normalized spacial score (nSPS) is 11.7. The van der Waals surface area contributed by atoms with Crippen molar-refractivity contribution in [1.82, 2.24) is 10.7 Å². The molecule has 0 saturated heterocycles. The van der Waals surface area contributed by atoms with Gasteiger partial charge in [-0.3, -0.25) is 14.9 Å². The summed E-state index contributed by atoms with van der Waals surface area (Å²) in [4.78, 5) is 34.9. The van der Waals surface area contributed by atoms with E-state index in [9.17, 15) is 19.7 Å². The summed E-state index contributed by atoms with van der Waals surface area (Å²) >= 11 is 0. The molecule has 0 unspecified atom stereocenters. The van der Waals surface area contributed by atoms with E-state index in [2.05, 4.69) is 15.8 Å². The van der Waals surface area contributed by atoms with Gasteiger partial charge in [-0.2, -0.15) is 5.10 Å². The van der Waals surface area contributed by atoms with Crippen molar-refractivity contribution in [2.24, 2.45) is 5.10 Å². The van der Waals surface area contributed by atoms with Crippen molar-refractivity contribution in [1.29, 1.82) is 0 Å². The van der Waals surface area contributed by atoms with Gasteiger partial charge >= 0.3 is 6.09 Å². The number of nitro groups is 1. The van der Waals surface area contributed by atoms with Crippen LogP contribution in [0, 0.1) is 10.1 Å². The smallest absolute Gasteiger partial charge is 0.407 e. The number of benzene rings is 2. The summed E-state index contributed by atoms with van der Waals surface area (Å²) in [6.07, 6.45) is 0.840. The Morgan fingerprint density at radius 3 is 2.67 bits per heavy atom. The summed E-state index contributed by atoms with van der Waals surface area (Å²) in [6, 6.07) is 17.6. The standard InChI is InChI=1S/C23H22N4O6/c1-2-32-23(29)25-20(13-16-7-4-3-5-8-16)22(28)26-24-15-19-11-12-21(33-19)17-9-6-10-18(14-17)27(30)31/h3-12,14-15,20H,2,13H2,1H3,(H,25,29)(H,26,28)/b24-15-/t20-/m1/s1. The van der Waals surface area contributed by atoms with E-state index < -0.39 is 23.0 Å². The van der Waals surface area contributed by atoms with Crippen LogP contribution in [0.5, 0.6) is 0 Å². The number of non-ortho nitro benzene ring substituents is 1. The number of nitro benzene ring substituents is 1. The van der Waals surface area contributed by atoms with Crippen LogP contribution in [-0.4, -0.2) is 35.8 Å². The molecular weight excluding hydrogens is 428 g/mol. The molecule has 0 aliphatic heterocycles. The van der Waals surface area contributed by atoms with E-state index in [0.29, 0.717) is 17.1 Å². The molecule has 3 rings (SSSR count). The second-order valence-corrected chi connectivity index (χ2v) is 6.85. The predicted molar refractivity (Wildman–Crippen MR) is 121 cm³/mol. The Balaban J connectivity index is 1.65. The van der Waals surface area contributed by atoms with Gasteiger partial charge in [0.1, 0.15) is 17.6 Å². The number of nitrogens with zero attached hydrogens (tertiary/aromatic N) is 2. The molecule has 3 aromatic rings. The van der Waals surface area contributed by atoms with Crippen LogP contribution >= 0.6 is 0 Å². The molecule has 0 fully saturated rings. The van der Waals surface area contributed by atoms with Gasteiger partial charge in [0, 0.05) is 24.1 Å². The molecular formula is C23H22N4O6. The van der Waals surface area contributed by atoms with Crippen molar-refractivity contribution in [3.8, 4) is 11.3 Å². The molecule has 33 heavy (non-hydrogen) atoms. The number of hydrazone groups is 1. The summed E-state index contributed by atoms with van der Waals surface area (Å²) in [5, 5.41) is 17.4. The number of hydrogen-bond acceptors (Lipinski definition) is 7. The maximum absolute atomic E-state index is 12.6. The molecule has 10 nitrogen and oxygen atoms in total. The molecule has 10 heteroatoms. The average molecular weight is 450 g/mol. The molecule has 0 spiro atoms. The highest BCUT2D eigenvalue weighted by molar-refractivity contribution is 5.87. The van der Waals surface area contributed by atoms with E-state index in [4.69, 9.17) is 9.15 Å². The zero-order valence-corrected chi connectivity index (χ0v) is 17.8. The minimum absolute atomic E-state index is 0.0510. The lowest BCUT2D eigenvalue weighted by Gasteiger charge is -2.16. The third-order valence-corrected chi connectivity index (χ3v) is 4.50. The van der Waals surface area contributed by atoms with Crippen LogP contribution in [0.15, 0.2) is 76.2 Å². The lowest BCUT2D eigenvalue weighted by molar-refractivity contribution is -0.384. The van der Waals surface area contributed by atoms with Crippen LogP contribution in [-0.2, 0) is 16.0 Å². The molecule has 0 radical (unpaired) electrons. The number of hydrogen-bond donors (Lipinski definition) is 2. The van der Waals surface area contributed by atoms with Crippen molar-refractivity contribution in [3.63, 3.8) is 0 Å². The van der Waals surface area contributed by atoms with Gasteiger partial charge in [0.2, 0.25) is 0 Å². The number of rotatable bonds is 9. The zero-order chi connectivity index (χ0) is 23.6. The number of carbonyl (C=O) groups is 2. The van der Waals surface area contributed by atoms with Crippen molar-refractivity contribution in [2.45, 2.75) is 19.4 Å². The highest BCUT2D eigenvalue weighted by Crippen LogP contribution is 2.25. The molecule has 1 aromatic heterocycles. The second-order valence-electron chi connectivity index (χ2n) is 6.85. The average Bonchev–Trinajstić information content (AvgIpc) is 3.28. The van der Waals surface area contributed by atoms with Gasteiger partial charge < -0.3 is 14.5 Å². The summed E-state index contributed by atoms with van der Waals surface area (Å²) in [5.41, 5.74) is 3.72. The van der Waals surface area contributed by atoms with Gasteiger partial charge in [0.25, 0.3) is 11.6 Å². The van der Waals surface area contributed by atoms with E-state index in [1.54, 1.807) is 31.2 Å². The van der Waals surface area contributed by atoms with Gasteiger partial charge in [-0.1, -0.05) is 42.5 Å². The predicted octanol–water partition coefficient (Wildman–Crippen LogP) is 3.66. The maximum Gasteiger partial charge on any atom is 0.407 e. The van der Waals surface area contributed by atoms with E-state index in [1.165, 1.54) is 18.3 Å². The summed E-state index contributed by atoms with van der Waals surface area (Å²) in [5.74, 6) is 0.209. The quantitative estimate of drug-likeness (QED) is 0.290. The first-order valence-corrected chi connectivity index (χ1v) is 10.1. The van der Waals surface area contributed by atoms with E-state index in [-0.39, 0.29) is 18.7 Å². The van der Waals surface area contributed by atoms with Gasteiger partial charge in [0.15, 0.2) is 0 Å². The van der Waals surface area contributed by atoms with Crippen molar-refractivity contribution in [3.05, 3.63) is 88.2 Å². The van der Waals surface area contributed by atoms with Crippen LogP contribution < -0.4 is 10.7 Å². The van der Waals surface area contributed by atoms with Crippen molar-refractivity contribution in [2.75, 3.05) is 6.61 Å². The number of amides is 2. The van der Waals surface area contributed by atoms with Crippen LogP contribution in [0.1, 0.15) is 18.2 Å². The number of ether oxygens (including phenoxy) is 1. The molecule has 0 aliphatic carbocycles. The molecule has 0 bridgehead atoms. The third kappa shape index (κ3) is 6.76. The molecule has 0 aliphatic rings. The van der Waals surface area contributed by atoms with Crippen LogP contribution in [0.2, 0.25) is 0 Å². The minimum Gasteiger partial charge on any atom is -0.455 e. The Kier molecular flexibility index (Phi) is 7.90. The fourth-order valence-corrected chi connectivity index (χ4v) is 2.96. The topological polar surface area (TPSA) is 136 Å². The van der Waals surface area contributed by atoms with Gasteiger partial charge in [-0.25, -0.2) is 10.2 Å². The molecule has 2 amide bonds. The van der Waals surface area contributed by atoms with Gasteiger partial charge in [0.05, 0.1) is 17.7 Å². The number of nitrogens with one attached hydrogen (secondary N) is 2. The lowest BCUT2D eigenvalue weighted by atomic mass is 10.1. The Morgan fingerprint density at radius 2 is 1.94 bits per heavy atom. The number of alkyl carbamates (subject to hydrolysis) is 1. The highest BCUT2D eigenvalue weighted by atomic mass is 16.6. The molecule has 170 valence electrons. The van der Waals surface area contributed by atoms with Crippen molar-refractivity contribution < 1.29 is 23.7 Å². The molecule has 1 atom stereocenters. The summed E-state index contributed by atoms with van der Waals surface area (Å²) < 4.78 is 10.5. The molecule has 1 heterocycles. The number of carbonyl (C=O) groups excluding carboxylic acids is 2. The maximum atomic E-state index is 12.6. The van der Waals surface area contributed by atoms with Crippen molar-refractivity contribution >= 4 is 23.9 Å². The van der Waals surface area contributed by atoms with Gasteiger partial charge in [-0.05, 0) is 24.6 Å². The first-order valence-electron chi connectivity index (χ1n) is 10.1. The SMILES string of the molecule is CCOC(=O)N[C@H](Cc1ccccc1)C(=O)N/N=C\c1ccc(-c2cccc([N+](=O)[O-])c2)o1. The summed E-state index contributed by atoms with van der Waals surface area (Å²) in [7, 11) is 0. The molecule has 2 aromatic carbocycles. The monoisotopic (exact) mass is 450 g/mol. The Labute approximate surface area is 189 Å². The largest absolute Gasteiger partial charge is 0.455 e. The second kappa shape index (κ2) is 11.2. The third-order valence-electron chi connectivity index (χ3n) is 4.50. The Hall–Kier alpha value is -4.47. The highest BCUT2D eigenvalue weighted by Gasteiger charge is 2.21.